The number of unbranched alkanes of at least 4 members (excludes halogenated alkanes) is 6. The number of rotatable bonds is 8. The van der Waals surface area contributed by atoms with Crippen molar-refractivity contribution < 1.29 is 9.53 Å². The Kier molecular flexibility index (Phi) is 17.4. The lowest BCUT2D eigenvalue weighted by Crippen LogP contribution is -1.99. The van der Waals surface area contributed by atoms with Crippen LogP contribution < -0.4 is 0 Å². The summed E-state index contributed by atoms with van der Waals surface area (Å²) in [6, 6.07) is 0. The summed E-state index contributed by atoms with van der Waals surface area (Å²) < 4.78 is 4.83. The van der Waals surface area contributed by atoms with E-state index >= 15 is 0 Å². The molecule has 0 spiro atoms. The third-order valence-corrected chi connectivity index (χ3v) is 2.05. The van der Waals surface area contributed by atoms with Gasteiger partial charge in [-0.15, -0.1) is 13.2 Å². The van der Waals surface area contributed by atoms with Gasteiger partial charge >= 0.3 is 5.97 Å². The second-order valence-electron chi connectivity index (χ2n) is 3.46. The van der Waals surface area contributed by atoms with Crippen LogP contribution in [0.5, 0.6) is 0 Å². The van der Waals surface area contributed by atoms with Crippen LogP contribution in [0.2, 0.25) is 0 Å². The lowest BCUT2D eigenvalue weighted by atomic mass is 10.1. The third-order valence-electron chi connectivity index (χ3n) is 2.05. The van der Waals surface area contributed by atoms with Gasteiger partial charge in [0, 0.05) is 6.92 Å². The van der Waals surface area contributed by atoms with Crippen molar-refractivity contribution in [2.24, 2.45) is 0 Å². The van der Waals surface area contributed by atoms with Gasteiger partial charge in [-0.05, 0) is 6.42 Å². The maximum absolute atomic E-state index is 10.4. The summed E-state index contributed by atoms with van der Waals surface area (Å²) in [4.78, 5) is 10.4. The summed E-state index contributed by atoms with van der Waals surface area (Å²) >= 11 is 0. The molecule has 0 fully saturated rings. The Morgan fingerprint density at radius 3 is 1.93 bits per heavy atom. The van der Waals surface area contributed by atoms with Crippen molar-refractivity contribution in [1.82, 2.24) is 0 Å². The van der Waals surface area contributed by atoms with E-state index in [0.29, 0.717) is 6.61 Å². The highest BCUT2D eigenvalue weighted by Gasteiger charge is 1.93. The zero-order chi connectivity index (χ0) is 11.9. The van der Waals surface area contributed by atoms with Crippen LogP contribution in [-0.2, 0) is 9.53 Å². The molecule has 15 heavy (non-hydrogen) atoms. The Labute approximate surface area is 94.7 Å². The van der Waals surface area contributed by atoms with Crippen molar-refractivity contribution in [3.63, 3.8) is 0 Å². The van der Waals surface area contributed by atoms with E-state index in [0.717, 1.165) is 6.42 Å². The molecule has 0 bridgehead atoms. The van der Waals surface area contributed by atoms with Crippen LogP contribution in [0.3, 0.4) is 0 Å². The highest BCUT2D eigenvalue weighted by Crippen LogP contribution is 2.06. The van der Waals surface area contributed by atoms with E-state index in [9.17, 15) is 4.79 Å². The van der Waals surface area contributed by atoms with E-state index in [4.69, 9.17) is 4.74 Å². The number of esters is 1. The quantitative estimate of drug-likeness (QED) is 0.345. The van der Waals surface area contributed by atoms with Crippen LogP contribution in [0, 0.1) is 0 Å². The highest BCUT2D eigenvalue weighted by atomic mass is 16.5. The normalized spacial score (nSPS) is 8.93. The van der Waals surface area contributed by atoms with Gasteiger partial charge in [0.05, 0.1) is 6.61 Å². The van der Waals surface area contributed by atoms with Gasteiger partial charge in [-0.1, -0.05) is 45.4 Å². The van der Waals surface area contributed by atoms with Gasteiger partial charge in [-0.25, -0.2) is 0 Å². The van der Waals surface area contributed by atoms with Gasteiger partial charge < -0.3 is 4.74 Å². The molecule has 0 aromatic heterocycles. The number of hydrogen-bond donors (Lipinski definition) is 0. The summed E-state index contributed by atoms with van der Waals surface area (Å²) in [5, 5.41) is 0. The van der Waals surface area contributed by atoms with Gasteiger partial charge in [0.25, 0.3) is 0 Å². The third kappa shape index (κ3) is 19.6. The molecule has 0 aliphatic rings. The molecule has 2 heteroatoms. The van der Waals surface area contributed by atoms with Gasteiger partial charge in [0.2, 0.25) is 0 Å². The first kappa shape index (κ1) is 16.6. The fraction of sp³-hybridized carbons (Fsp3) is 0.769. The largest absolute Gasteiger partial charge is 0.466 e. The Hall–Kier alpha value is -0.790. The van der Waals surface area contributed by atoms with E-state index in [1.807, 2.05) is 0 Å². The SMILES string of the molecule is C=C.CCCCCCCCCOC(C)=O. The standard InChI is InChI=1S/C11H22O2.C2H4/c1-3-4-5-6-7-8-9-10-13-11(2)12;1-2/h3-10H2,1-2H3;1-2H2. The molecule has 0 aromatic rings. The fourth-order valence-corrected chi connectivity index (χ4v) is 1.28. The molecule has 0 amide bonds. The van der Waals surface area contributed by atoms with Crippen LogP contribution in [0.25, 0.3) is 0 Å². The number of carbonyl (C=O) groups is 1. The zero-order valence-corrected chi connectivity index (χ0v) is 10.4. The summed E-state index contributed by atoms with van der Waals surface area (Å²) in [5.41, 5.74) is 0. The monoisotopic (exact) mass is 214 g/mol. The highest BCUT2D eigenvalue weighted by molar-refractivity contribution is 5.65. The van der Waals surface area contributed by atoms with Crippen LogP contribution in [-0.4, -0.2) is 12.6 Å². The van der Waals surface area contributed by atoms with Crippen molar-refractivity contribution in [3.05, 3.63) is 13.2 Å². The Morgan fingerprint density at radius 2 is 1.47 bits per heavy atom. The van der Waals surface area contributed by atoms with Gasteiger partial charge in [-0.2, -0.15) is 0 Å². The van der Waals surface area contributed by atoms with E-state index < -0.39 is 0 Å². The fourth-order valence-electron chi connectivity index (χ4n) is 1.28. The first-order valence-electron chi connectivity index (χ1n) is 5.90. The Balaban J connectivity index is 0. The average molecular weight is 214 g/mol. The summed E-state index contributed by atoms with van der Waals surface area (Å²) in [6.45, 7) is 10.3. The van der Waals surface area contributed by atoms with Crippen LogP contribution in [0.4, 0.5) is 0 Å². The van der Waals surface area contributed by atoms with Crippen LogP contribution >= 0.6 is 0 Å². The van der Waals surface area contributed by atoms with E-state index in [-0.39, 0.29) is 5.97 Å². The zero-order valence-electron chi connectivity index (χ0n) is 10.4. The minimum atomic E-state index is -0.161. The van der Waals surface area contributed by atoms with Crippen molar-refractivity contribution >= 4 is 5.97 Å². The average Bonchev–Trinajstić information content (AvgIpc) is 2.24. The van der Waals surface area contributed by atoms with Crippen molar-refractivity contribution in [2.75, 3.05) is 6.61 Å². The molecule has 0 atom stereocenters. The molecule has 0 saturated carbocycles. The molecule has 0 aromatic carbocycles. The lowest BCUT2D eigenvalue weighted by Gasteiger charge is -2.01. The molecule has 0 aliphatic carbocycles. The Morgan fingerprint density at radius 1 is 1.00 bits per heavy atom. The molecule has 0 heterocycles. The molecule has 0 aliphatic heterocycles. The molecular formula is C13H26O2. The molecular weight excluding hydrogens is 188 g/mol. The number of hydrogen-bond acceptors (Lipinski definition) is 2. The van der Waals surface area contributed by atoms with Crippen LogP contribution in [0.15, 0.2) is 13.2 Å². The van der Waals surface area contributed by atoms with Crippen molar-refractivity contribution in [2.45, 2.75) is 58.8 Å². The second kappa shape index (κ2) is 15.7. The second-order valence-corrected chi connectivity index (χ2v) is 3.46. The van der Waals surface area contributed by atoms with Gasteiger partial charge in [-0.3, -0.25) is 4.79 Å². The first-order chi connectivity index (χ1) is 7.27. The van der Waals surface area contributed by atoms with E-state index in [1.54, 1.807) is 0 Å². The first-order valence-corrected chi connectivity index (χ1v) is 5.90. The molecule has 2 nitrogen and oxygen atoms in total. The van der Waals surface area contributed by atoms with Crippen LogP contribution in [0.1, 0.15) is 58.8 Å². The summed E-state index contributed by atoms with van der Waals surface area (Å²) in [5.74, 6) is -0.161. The topological polar surface area (TPSA) is 26.3 Å². The maximum atomic E-state index is 10.4. The molecule has 0 N–H and O–H groups in total. The molecule has 0 radical (unpaired) electrons. The summed E-state index contributed by atoms with van der Waals surface area (Å²) in [7, 11) is 0. The smallest absolute Gasteiger partial charge is 0.302 e. The van der Waals surface area contributed by atoms with Crippen molar-refractivity contribution in [1.29, 1.82) is 0 Å². The number of ether oxygens (including phenoxy) is 1. The maximum Gasteiger partial charge on any atom is 0.302 e. The van der Waals surface area contributed by atoms with Crippen molar-refractivity contribution in [3.8, 4) is 0 Å². The predicted molar refractivity (Wildman–Crippen MR) is 65.9 cm³/mol. The van der Waals surface area contributed by atoms with E-state index in [2.05, 4.69) is 20.1 Å². The van der Waals surface area contributed by atoms with E-state index in [1.165, 1.54) is 45.4 Å². The molecule has 0 rings (SSSR count). The summed E-state index contributed by atoms with van der Waals surface area (Å²) in [6.07, 6.45) is 8.82. The minimum absolute atomic E-state index is 0.161. The van der Waals surface area contributed by atoms with Gasteiger partial charge in [0.15, 0.2) is 0 Å². The minimum Gasteiger partial charge on any atom is -0.466 e. The molecule has 0 unspecified atom stereocenters. The predicted octanol–water partition coefficient (Wildman–Crippen LogP) is 4.10. The lowest BCUT2D eigenvalue weighted by molar-refractivity contribution is -0.141. The Bertz CT molecular complexity index is 132. The van der Waals surface area contributed by atoms with Gasteiger partial charge in [0.1, 0.15) is 0 Å². The number of carbonyl (C=O) groups excluding carboxylic acids is 1. The molecule has 0 saturated heterocycles. The molecule has 90 valence electrons.